The fraction of sp³-hybridized carbons (Fsp3) is 0.943. The van der Waals surface area contributed by atoms with Gasteiger partial charge >= 0.3 is 6.03 Å². The minimum absolute atomic E-state index is 0.150. The van der Waals surface area contributed by atoms with Crippen LogP contribution in [0.15, 0.2) is 0 Å². The highest BCUT2D eigenvalue weighted by atomic mass is 32.2. The van der Waals surface area contributed by atoms with Gasteiger partial charge in [0.1, 0.15) is 0 Å². The first-order valence-electron chi connectivity index (χ1n) is 17.8. The number of carbonyl (C=O) groups is 2. The second kappa shape index (κ2) is 13.2. The Labute approximate surface area is 271 Å². The summed E-state index contributed by atoms with van der Waals surface area (Å²) < 4.78 is 5.06. The van der Waals surface area contributed by atoms with E-state index in [2.05, 4.69) is 42.0 Å². The van der Waals surface area contributed by atoms with Crippen molar-refractivity contribution in [2.45, 2.75) is 118 Å². The molecule has 0 bridgehead atoms. The number of amides is 3. The van der Waals surface area contributed by atoms with Gasteiger partial charge in [-0.05, 0) is 104 Å². The van der Waals surface area contributed by atoms with Crippen molar-refractivity contribution in [1.29, 1.82) is 0 Å². The Morgan fingerprint density at radius 1 is 0.955 bits per heavy atom. The number of nitrogens with zero attached hydrogens (tertiary/aromatic N) is 2. The van der Waals surface area contributed by atoms with Crippen molar-refractivity contribution >= 4 is 24.1 Å². The Hall–Kier alpha value is -1.03. The summed E-state index contributed by atoms with van der Waals surface area (Å²) in [5, 5.41) is 25.6. The molecular formula is C35H62N4O4S. The quantitative estimate of drug-likeness (QED) is 0.268. The largest absolute Gasteiger partial charge is 0.393 e. The second-order valence-electron chi connectivity index (χ2n) is 16.8. The smallest absolute Gasteiger partial charge is 0.325 e. The van der Waals surface area contributed by atoms with Gasteiger partial charge in [0.2, 0.25) is 5.91 Å². The molecule has 9 heteroatoms. The summed E-state index contributed by atoms with van der Waals surface area (Å²) in [5.41, 5.74) is 0.117. The van der Waals surface area contributed by atoms with Gasteiger partial charge in [0.15, 0.2) is 0 Å². The summed E-state index contributed by atoms with van der Waals surface area (Å²) in [6, 6.07) is -0.150. The van der Waals surface area contributed by atoms with E-state index in [1.807, 2.05) is 25.7 Å². The lowest BCUT2D eigenvalue weighted by atomic mass is 9.41. The molecule has 5 aliphatic rings. The average Bonchev–Trinajstić information content (AvgIpc) is 3.33. The third-order valence-electron chi connectivity index (χ3n) is 13.5. The summed E-state index contributed by atoms with van der Waals surface area (Å²) in [7, 11) is 0. The predicted molar refractivity (Wildman–Crippen MR) is 177 cm³/mol. The number of nitrogens with one attached hydrogen (secondary N) is 2. The number of carbonyl (C=O) groups excluding carboxylic acids is 2. The number of fused-ring (bicyclic) bond motifs is 5. The van der Waals surface area contributed by atoms with Crippen molar-refractivity contribution in [3.63, 3.8) is 0 Å². The van der Waals surface area contributed by atoms with Crippen LogP contribution in [0.1, 0.15) is 106 Å². The maximum atomic E-state index is 12.6. The van der Waals surface area contributed by atoms with E-state index in [1.54, 1.807) is 0 Å². The van der Waals surface area contributed by atoms with Gasteiger partial charge < -0.3 is 20.4 Å². The molecule has 0 spiro atoms. The summed E-state index contributed by atoms with van der Waals surface area (Å²) in [6.45, 7) is 19.0. The number of aliphatic hydroxyl groups excluding tert-OH is 2. The lowest BCUT2D eigenvalue weighted by Crippen LogP contribution is -2.62. The molecule has 8 nitrogen and oxygen atoms in total. The van der Waals surface area contributed by atoms with Crippen molar-refractivity contribution in [2.75, 3.05) is 32.7 Å². The first-order chi connectivity index (χ1) is 20.7. The van der Waals surface area contributed by atoms with Gasteiger partial charge in [-0.25, -0.2) is 9.10 Å². The number of aliphatic hydroxyl groups is 2. The molecule has 1 heterocycles. The van der Waals surface area contributed by atoms with Gasteiger partial charge in [-0.1, -0.05) is 54.9 Å². The van der Waals surface area contributed by atoms with Gasteiger partial charge in [0.05, 0.1) is 12.2 Å². The highest BCUT2D eigenvalue weighted by Gasteiger charge is 2.64. The number of rotatable bonds is 7. The molecule has 11 atom stereocenters. The second-order valence-corrected chi connectivity index (χ2v) is 17.7. The Bertz CT molecular complexity index is 1030. The van der Waals surface area contributed by atoms with Gasteiger partial charge in [0.25, 0.3) is 0 Å². The van der Waals surface area contributed by atoms with Crippen LogP contribution in [-0.2, 0) is 4.79 Å². The van der Waals surface area contributed by atoms with Crippen molar-refractivity contribution in [2.24, 2.45) is 57.7 Å². The zero-order valence-corrected chi connectivity index (χ0v) is 29.4. The maximum Gasteiger partial charge on any atom is 0.325 e. The molecule has 5 fully saturated rings. The summed E-state index contributed by atoms with van der Waals surface area (Å²) >= 11 is 1.34. The predicted octanol–water partition coefficient (Wildman–Crippen LogP) is 5.69. The van der Waals surface area contributed by atoms with Crippen LogP contribution < -0.4 is 10.0 Å². The number of hydrogen-bond acceptors (Lipinski definition) is 6. The zero-order chi connectivity index (χ0) is 32.0. The summed E-state index contributed by atoms with van der Waals surface area (Å²) in [5.74, 6) is 3.55. The maximum absolute atomic E-state index is 12.6. The van der Waals surface area contributed by atoms with E-state index in [0.29, 0.717) is 61.1 Å². The molecule has 0 unspecified atom stereocenters. The lowest BCUT2D eigenvalue weighted by Gasteiger charge is -2.64. The highest BCUT2D eigenvalue weighted by Crippen LogP contribution is 2.69. The molecule has 44 heavy (non-hydrogen) atoms. The fourth-order valence-electron chi connectivity index (χ4n) is 11.1. The lowest BCUT2D eigenvalue weighted by molar-refractivity contribution is -0.203. The highest BCUT2D eigenvalue weighted by molar-refractivity contribution is 7.95. The van der Waals surface area contributed by atoms with Gasteiger partial charge in [-0.15, -0.1) is 0 Å². The first kappa shape index (κ1) is 34.3. The third-order valence-corrected chi connectivity index (χ3v) is 14.4. The molecular weight excluding hydrogens is 572 g/mol. The Morgan fingerprint density at radius 2 is 1.61 bits per heavy atom. The summed E-state index contributed by atoms with van der Waals surface area (Å²) in [4.78, 5) is 27.1. The van der Waals surface area contributed by atoms with E-state index in [9.17, 15) is 19.8 Å². The topological polar surface area (TPSA) is 105 Å². The van der Waals surface area contributed by atoms with Crippen LogP contribution in [0, 0.1) is 57.7 Å². The first-order valence-corrected chi connectivity index (χ1v) is 18.6. The Kier molecular flexibility index (Phi) is 10.3. The molecule has 0 aromatic heterocycles. The van der Waals surface area contributed by atoms with E-state index >= 15 is 0 Å². The Balaban J connectivity index is 1.10. The van der Waals surface area contributed by atoms with Crippen LogP contribution in [0.5, 0.6) is 0 Å². The monoisotopic (exact) mass is 634 g/mol. The molecule has 4 N–H and O–H groups in total. The minimum atomic E-state index is -0.363. The molecule has 1 saturated heterocycles. The van der Waals surface area contributed by atoms with Crippen molar-refractivity contribution in [3.8, 4) is 0 Å². The van der Waals surface area contributed by atoms with Crippen molar-refractivity contribution in [3.05, 3.63) is 0 Å². The van der Waals surface area contributed by atoms with Crippen LogP contribution in [0.4, 0.5) is 4.79 Å². The fourth-order valence-corrected chi connectivity index (χ4v) is 11.8. The number of urea groups is 1. The number of hydrogen-bond donors (Lipinski definition) is 4. The molecule has 4 aliphatic carbocycles. The van der Waals surface area contributed by atoms with E-state index < -0.39 is 0 Å². The average molecular weight is 635 g/mol. The van der Waals surface area contributed by atoms with Gasteiger partial charge in [-0.3, -0.25) is 9.52 Å². The summed E-state index contributed by atoms with van der Waals surface area (Å²) in [6.07, 6.45) is 9.26. The van der Waals surface area contributed by atoms with E-state index in [4.69, 9.17) is 0 Å². The van der Waals surface area contributed by atoms with Crippen LogP contribution in [-0.4, -0.2) is 76.3 Å². The van der Waals surface area contributed by atoms with Crippen LogP contribution in [0.3, 0.4) is 0 Å². The third kappa shape index (κ3) is 6.42. The Morgan fingerprint density at radius 3 is 2.27 bits per heavy atom. The molecule has 3 amide bonds. The van der Waals surface area contributed by atoms with Gasteiger partial charge in [0, 0.05) is 50.3 Å². The number of piperazine rings is 1. The minimum Gasteiger partial charge on any atom is -0.393 e. The molecule has 252 valence electrons. The molecule has 1 aliphatic heterocycles. The van der Waals surface area contributed by atoms with Crippen molar-refractivity contribution in [1.82, 2.24) is 19.2 Å². The SMILES string of the molecule is CC[C@H]1[C@@H](O)[C@@H]2[C@H](CC[C@]3(C)[C@@H]([C@H](C)CCNC(=O)NSN4CCN(C(=O)C(C)(C)C)CC4)CC[C@@H]23)[C@@]2(C)CC[C@@H](O)C[C@@H]12. The molecule has 0 aromatic rings. The standard InChI is InChI=1S/C35H62N4O4S/c1-8-24-28-21-23(40)11-14-35(28,7)27-12-15-34(6)25(9-10-26(34)29(27)30(24)41)22(2)13-16-36-32(43)37-44-39-19-17-38(18-20-39)31(42)33(3,4)5/h22-30,40-41H,8-21H2,1-7H3,(H2,36,37,43)/t22-,23-,24-,25-,26+,27+,28+,29+,30-,34-,35-/m1/s1. The van der Waals surface area contributed by atoms with E-state index in [-0.39, 0.29) is 40.4 Å². The van der Waals surface area contributed by atoms with Crippen LogP contribution in [0.2, 0.25) is 0 Å². The molecule has 4 saturated carbocycles. The van der Waals surface area contributed by atoms with Crippen LogP contribution in [0.25, 0.3) is 0 Å². The van der Waals surface area contributed by atoms with Gasteiger partial charge in [-0.2, -0.15) is 0 Å². The van der Waals surface area contributed by atoms with Crippen molar-refractivity contribution < 1.29 is 19.8 Å². The molecule has 0 radical (unpaired) electrons. The van der Waals surface area contributed by atoms with E-state index in [1.165, 1.54) is 37.8 Å². The zero-order valence-electron chi connectivity index (χ0n) is 28.6. The van der Waals surface area contributed by atoms with Crippen LogP contribution >= 0.6 is 12.1 Å². The molecule has 0 aromatic carbocycles. The normalized spacial score (nSPS) is 41.7. The van der Waals surface area contributed by atoms with E-state index in [0.717, 1.165) is 45.2 Å². The molecule has 5 rings (SSSR count).